The van der Waals surface area contributed by atoms with Crippen LogP contribution in [0.4, 0.5) is 17.1 Å². The first-order valence-electron chi connectivity index (χ1n) is 8.53. The van der Waals surface area contributed by atoms with Crippen LogP contribution < -0.4 is 16.4 Å². The molecule has 0 atom stereocenters. The van der Waals surface area contributed by atoms with Crippen LogP contribution >= 0.6 is 11.3 Å². The van der Waals surface area contributed by atoms with Crippen LogP contribution in [0.5, 0.6) is 0 Å². The predicted molar refractivity (Wildman–Crippen MR) is 111 cm³/mol. The molecule has 27 heavy (non-hydrogen) atoms. The minimum atomic E-state index is -0.190. The summed E-state index contributed by atoms with van der Waals surface area (Å²) in [6, 6.07) is 21.5. The van der Waals surface area contributed by atoms with Crippen LogP contribution in [0.15, 0.2) is 72.9 Å². The number of benzene rings is 2. The SMILES string of the molecule is Nc1c(C(=O)NCc2ccccc2)sc2nccc(Nc3ccccc3)c12. The Balaban J connectivity index is 1.62. The number of rotatable bonds is 5. The van der Waals surface area contributed by atoms with E-state index in [9.17, 15) is 4.79 Å². The lowest BCUT2D eigenvalue weighted by molar-refractivity contribution is 0.0956. The largest absolute Gasteiger partial charge is 0.397 e. The fraction of sp³-hybridized carbons (Fsp3) is 0.0476. The summed E-state index contributed by atoms with van der Waals surface area (Å²) in [7, 11) is 0. The highest BCUT2D eigenvalue weighted by atomic mass is 32.1. The minimum Gasteiger partial charge on any atom is -0.397 e. The van der Waals surface area contributed by atoms with E-state index in [4.69, 9.17) is 5.73 Å². The number of carbonyl (C=O) groups excluding carboxylic acids is 1. The lowest BCUT2D eigenvalue weighted by Gasteiger charge is -2.08. The molecule has 1 amide bonds. The summed E-state index contributed by atoms with van der Waals surface area (Å²) in [6.45, 7) is 0.454. The summed E-state index contributed by atoms with van der Waals surface area (Å²) in [4.78, 5) is 18.3. The number of amides is 1. The van der Waals surface area contributed by atoms with Crippen molar-refractivity contribution in [3.8, 4) is 0 Å². The number of nitrogens with one attached hydrogen (secondary N) is 2. The third kappa shape index (κ3) is 3.61. The molecule has 4 rings (SSSR count). The highest BCUT2D eigenvalue weighted by Gasteiger charge is 2.19. The zero-order valence-corrected chi connectivity index (χ0v) is 15.3. The maximum Gasteiger partial charge on any atom is 0.263 e. The molecule has 4 aromatic rings. The van der Waals surface area contributed by atoms with Gasteiger partial charge in [0.1, 0.15) is 9.71 Å². The van der Waals surface area contributed by atoms with Crippen molar-refractivity contribution in [3.63, 3.8) is 0 Å². The number of nitrogens with two attached hydrogens (primary N) is 1. The number of hydrogen-bond acceptors (Lipinski definition) is 5. The topological polar surface area (TPSA) is 80.0 Å². The van der Waals surface area contributed by atoms with Gasteiger partial charge in [0, 0.05) is 18.4 Å². The Hall–Kier alpha value is -3.38. The van der Waals surface area contributed by atoms with E-state index in [1.54, 1.807) is 6.20 Å². The molecule has 0 radical (unpaired) electrons. The van der Waals surface area contributed by atoms with Gasteiger partial charge >= 0.3 is 0 Å². The molecule has 6 heteroatoms. The number of para-hydroxylation sites is 1. The van der Waals surface area contributed by atoms with Crippen LogP contribution in [-0.2, 0) is 6.54 Å². The standard InChI is InChI=1S/C21H18N4OS/c22-18-17-16(25-15-9-5-2-6-10-15)11-12-23-21(17)27-19(18)20(26)24-13-14-7-3-1-4-8-14/h1-12H,13,22H2,(H,23,25)(H,24,26). The molecule has 5 nitrogen and oxygen atoms in total. The van der Waals surface area contributed by atoms with Crippen molar-refractivity contribution in [2.75, 3.05) is 11.1 Å². The Kier molecular flexibility index (Phi) is 4.72. The fourth-order valence-electron chi connectivity index (χ4n) is 2.85. The summed E-state index contributed by atoms with van der Waals surface area (Å²) < 4.78 is 0. The summed E-state index contributed by atoms with van der Waals surface area (Å²) in [5, 5.41) is 7.06. The lowest BCUT2D eigenvalue weighted by Crippen LogP contribution is -2.22. The smallest absolute Gasteiger partial charge is 0.263 e. The van der Waals surface area contributed by atoms with Gasteiger partial charge < -0.3 is 16.4 Å². The van der Waals surface area contributed by atoms with Gasteiger partial charge in [-0.05, 0) is 23.8 Å². The zero-order valence-electron chi connectivity index (χ0n) is 14.5. The number of pyridine rings is 1. The van der Waals surface area contributed by atoms with Crippen molar-refractivity contribution in [2.24, 2.45) is 0 Å². The molecule has 2 heterocycles. The van der Waals surface area contributed by atoms with E-state index in [0.717, 1.165) is 27.2 Å². The maximum absolute atomic E-state index is 12.6. The van der Waals surface area contributed by atoms with E-state index in [0.29, 0.717) is 17.1 Å². The molecule has 0 aliphatic carbocycles. The van der Waals surface area contributed by atoms with Gasteiger partial charge in [-0.2, -0.15) is 0 Å². The summed E-state index contributed by atoms with van der Waals surface area (Å²) in [5.74, 6) is -0.190. The van der Waals surface area contributed by atoms with Gasteiger partial charge in [-0.3, -0.25) is 4.79 Å². The average molecular weight is 374 g/mol. The van der Waals surface area contributed by atoms with Gasteiger partial charge in [0.2, 0.25) is 0 Å². The Morgan fingerprint density at radius 1 is 1.00 bits per heavy atom. The van der Waals surface area contributed by atoms with E-state index in [-0.39, 0.29) is 5.91 Å². The number of hydrogen-bond donors (Lipinski definition) is 3. The molecule has 0 unspecified atom stereocenters. The Labute approximate surface area is 160 Å². The third-order valence-electron chi connectivity index (χ3n) is 4.18. The average Bonchev–Trinajstić information content (AvgIpc) is 3.05. The number of anilines is 3. The molecule has 0 aliphatic heterocycles. The second-order valence-electron chi connectivity index (χ2n) is 6.04. The summed E-state index contributed by atoms with van der Waals surface area (Å²) in [6.07, 6.45) is 1.72. The van der Waals surface area contributed by atoms with Crippen LogP contribution in [0.1, 0.15) is 15.2 Å². The van der Waals surface area contributed by atoms with Crippen molar-refractivity contribution in [1.29, 1.82) is 0 Å². The number of thiophene rings is 1. The second kappa shape index (κ2) is 7.47. The molecule has 2 aromatic carbocycles. The van der Waals surface area contributed by atoms with Gasteiger partial charge in [0.05, 0.1) is 16.8 Å². The Morgan fingerprint density at radius 2 is 1.70 bits per heavy atom. The Bertz CT molecular complexity index is 1080. The van der Waals surface area contributed by atoms with Crippen molar-refractivity contribution < 1.29 is 4.79 Å². The molecule has 0 aliphatic rings. The first-order chi connectivity index (χ1) is 13.2. The molecule has 4 N–H and O–H groups in total. The van der Waals surface area contributed by atoms with Gasteiger partial charge in [0.25, 0.3) is 5.91 Å². The third-order valence-corrected chi connectivity index (χ3v) is 5.30. The van der Waals surface area contributed by atoms with Crippen molar-refractivity contribution in [3.05, 3.63) is 83.4 Å². The van der Waals surface area contributed by atoms with E-state index >= 15 is 0 Å². The van der Waals surface area contributed by atoms with Gasteiger partial charge in [-0.15, -0.1) is 11.3 Å². The molecular formula is C21H18N4OS. The minimum absolute atomic E-state index is 0.190. The van der Waals surface area contributed by atoms with Gasteiger partial charge in [-0.1, -0.05) is 48.5 Å². The molecule has 0 spiro atoms. The van der Waals surface area contributed by atoms with Gasteiger partial charge in [0.15, 0.2) is 0 Å². The maximum atomic E-state index is 12.6. The summed E-state index contributed by atoms with van der Waals surface area (Å²) >= 11 is 1.30. The molecule has 134 valence electrons. The predicted octanol–water partition coefficient (Wildman–Crippen LogP) is 4.55. The molecule has 0 saturated heterocycles. The molecule has 2 aromatic heterocycles. The van der Waals surface area contributed by atoms with Gasteiger partial charge in [-0.25, -0.2) is 4.98 Å². The van der Waals surface area contributed by atoms with E-state index < -0.39 is 0 Å². The van der Waals surface area contributed by atoms with Crippen LogP contribution in [0.25, 0.3) is 10.2 Å². The highest BCUT2D eigenvalue weighted by Crippen LogP contribution is 2.38. The number of aromatic nitrogens is 1. The number of nitrogen functional groups attached to an aromatic ring is 1. The first-order valence-corrected chi connectivity index (χ1v) is 9.35. The Morgan fingerprint density at radius 3 is 2.44 bits per heavy atom. The van der Waals surface area contributed by atoms with Crippen molar-refractivity contribution in [1.82, 2.24) is 10.3 Å². The molecule has 0 saturated carbocycles. The van der Waals surface area contributed by atoms with Crippen LogP contribution in [0.2, 0.25) is 0 Å². The van der Waals surface area contributed by atoms with Crippen molar-refractivity contribution in [2.45, 2.75) is 6.54 Å². The summed E-state index contributed by atoms with van der Waals surface area (Å²) in [5.41, 5.74) is 9.61. The molecule has 0 fully saturated rings. The van der Waals surface area contributed by atoms with Crippen LogP contribution in [-0.4, -0.2) is 10.9 Å². The van der Waals surface area contributed by atoms with Crippen LogP contribution in [0.3, 0.4) is 0 Å². The fourth-order valence-corrected chi connectivity index (χ4v) is 3.86. The number of nitrogens with zero attached hydrogens (tertiary/aromatic N) is 1. The lowest BCUT2D eigenvalue weighted by atomic mass is 10.2. The quantitative estimate of drug-likeness (QED) is 0.479. The highest BCUT2D eigenvalue weighted by molar-refractivity contribution is 7.21. The van der Waals surface area contributed by atoms with E-state index in [1.165, 1.54) is 11.3 Å². The second-order valence-corrected chi connectivity index (χ2v) is 7.04. The molecule has 0 bridgehead atoms. The zero-order chi connectivity index (χ0) is 18.6. The van der Waals surface area contributed by atoms with Crippen molar-refractivity contribution >= 4 is 44.5 Å². The van der Waals surface area contributed by atoms with Crippen LogP contribution in [0, 0.1) is 0 Å². The first kappa shape index (κ1) is 17.1. The number of carbonyl (C=O) groups is 1. The normalized spacial score (nSPS) is 10.7. The van der Waals surface area contributed by atoms with E-state index in [1.807, 2.05) is 66.7 Å². The number of fused-ring (bicyclic) bond motifs is 1. The monoisotopic (exact) mass is 374 g/mol. The van der Waals surface area contributed by atoms with E-state index in [2.05, 4.69) is 15.6 Å². The molecular weight excluding hydrogens is 356 g/mol.